The second-order valence-corrected chi connectivity index (χ2v) is 8.81. The van der Waals surface area contributed by atoms with Gasteiger partial charge in [0.25, 0.3) is 0 Å². The highest BCUT2D eigenvalue weighted by Crippen LogP contribution is 2.60. The van der Waals surface area contributed by atoms with Crippen LogP contribution in [0.15, 0.2) is 9.66 Å². The Labute approximate surface area is 148 Å². The molecule has 1 saturated heterocycles. The van der Waals surface area contributed by atoms with Gasteiger partial charge in [0.2, 0.25) is 0 Å². The second kappa shape index (κ2) is 6.45. The van der Waals surface area contributed by atoms with E-state index in [1.54, 1.807) is 5.57 Å². The van der Waals surface area contributed by atoms with Crippen LogP contribution in [-0.4, -0.2) is 12.1 Å². The van der Waals surface area contributed by atoms with Crippen molar-refractivity contribution in [2.45, 2.75) is 71.8 Å². The van der Waals surface area contributed by atoms with Crippen LogP contribution in [0, 0.1) is 29.1 Å². The minimum absolute atomic E-state index is 0.0144. The highest BCUT2D eigenvalue weighted by molar-refractivity contribution is 14.1. The van der Waals surface area contributed by atoms with Gasteiger partial charge >= 0.3 is 5.97 Å². The second-order valence-electron chi connectivity index (χ2n) is 8.19. The van der Waals surface area contributed by atoms with Gasteiger partial charge in [-0.3, -0.25) is 4.79 Å². The first kappa shape index (κ1) is 16.8. The van der Waals surface area contributed by atoms with Crippen molar-refractivity contribution in [1.29, 1.82) is 0 Å². The van der Waals surface area contributed by atoms with E-state index in [4.69, 9.17) is 4.74 Å². The lowest BCUT2D eigenvalue weighted by atomic mass is 9.61. The molecule has 1 aliphatic heterocycles. The number of hydrogen-bond acceptors (Lipinski definition) is 2. The summed E-state index contributed by atoms with van der Waals surface area (Å²) in [7, 11) is 0. The van der Waals surface area contributed by atoms with E-state index in [0.29, 0.717) is 11.3 Å². The molecule has 3 heteroatoms. The van der Waals surface area contributed by atoms with Crippen LogP contribution in [-0.2, 0) is 9.53 Å². The molecule has 0 radical (unpaired) electrons. The lowest BCUT2D eigenvalue weighted by molar-refractivity contribution is -0.144. The van der Waals surface area contributed by atoms with Gasteiger partial charge in [-0.05, 0) is 72.2 Å². The average Bonchev–Trinajstić information content (AvgIpc) is 2.98. The summed E-state index contributed by atoms with van der Waals surface area (Å²) in [5.74, 6) is 2.37. The standard InChI is InChI=1S/C19H29IO2/c1-12(9-15-10-13(2)18(21)22-15)16-6-7-17-14(11-20)5-4-8-19(16,17)3/h11-13,15-17H,4-10H2,1-3H3/b14-11+/t12-,13+,15-,16-,17?,19-/m1/s1. The number of ether oxygens (including phenoxy) is 1. The molecule has 2 saturated carbocycles. The van der Waals surface area contributed by atoms with Crippen molar-refractivity contribution in [3.63, 3.8) is 0 Å². The molecule has 0 N–H and O–H groups in total. The molecule has 3 aliphatic rings. The van der Waals surface area contributed by atoms with Crippen molar-refractivity contribution in [1.82, 2.24) is 0 Å². The molecule has 0 aromatic rings. The van der Waals surface area contributed by atoms with Crippen molar-refractivity contribution in [3.05, 3.63) is 9.66 Å². The molecular formula is C19H29IO2. The Morgan fingerprint density at radius 1 is 1.45 bits per heavy atom. The van der Waals surface area contributed by atoms with Gasteiger partial charge in [0.1, 0.15) is 6.10 Å². The minimum Gasteiger partial charge on any atom is -0.462 e. The van der Waals surface area contributed by atoms with Crippen LogP contribution in [0.2, 0.25) is 0 Å². The normalized spacial score (nSPS) is 44.9. The maximum Gasteiger partial charge on any atom is 0.309 e. The van der Waals surface area contributed by atoms with Crippen LogP contribution in [0.5, 0.6) is 0 Å². The van der Waals surface area contributed by atoms with Crippen LogP contribution >= 0.6 is 22.6 Å². The first-order valence-corrected chi connectivity index (χ1v) is 10.2. The summed E-state index contributed by atoms with van der Waals surface area (Å²) in [5, 5.41) is 0. The predicted octanol–water partition coefficient (Wildman–Crippen LogP) is 5.50. The molecule has 1 unspecified atom stereocenters. The Balaban J connectivity index is 1.68. The molecule has 3 rings (SSSR count). The number of fused-ring (bicyclic) bond motifs is 1. The third-order valence-electron chi connectivity index (χ3n) is 6.80. The summed E-state index contributed by atoms with van der Waals surface area (Å²) in [5.41, 5.74) is 2.17. The topological polar surface area (TPSA) is 26.3 Å². The molecule has 0 amide bonds. The third-order valence-corrected chi connectivity index (χ3v) is 7.60. The lowest BCUT2D eigenvalue weighted by Crippen LogP contribution is -2.36. The van der Waals surface area contributed by atoms with Gasteiger partial charge in [-0.25, -0.2) is 0 Å². The number of allylic oxidation sites excluding steroid dienone is 1. The maximum absolute atomic E-state index is 11.6. The molecule has 2 aliphatic carbocycles. The van der Waals surface area contributed by atoms with E-state index < -0.39 is 0 Å². The molecule has 6 atom stereocenters. The number of cyclic esters (lactones) is 1. The van der Waals surface area contributed by atoms with Gasteiger partial charge in [-0.15, -0.1) is 0 Å². The van der Waals surface area contributed by atoms with Crippen molar-refractivity contribution >= 4 is 28.6 Å². The Morgan fingerprint density at radius 3 is 2.86 bits per heavy atom. The van der Waals surface area contributed by atoms with Crippen molar-refractivity contribution in [2.24, 2.45) is 29.1 Å². The van der Waals surface area contributed by atoms with Gasteiger partial charge < -0.3 is 4.74 Å². The first-order chi connectivity index (χ1) is 10.5. The van der Waals surface area contributed by atoms with E-state index in [-0.39, 0.29) is 18.0 Å². The van der Waals surface area contributed by atoms with Crippen LogP contribution in [0.25, 0.3) is 0 Å². The summed E-state index contributed by atoms with van der Waals surface area (Å²) in [6, 6.07) is 0. The number of carbonyl (C=O) groups excluding carboxylic acids is 1. The Kier molecular flexibility index (Phi) is 4.92. The summed E-state index contributed by atoms with van der Waals surface area (Å²) in [4.78, 5) is 11.6. The van der Waals surface area contributed by atoms with Crippen molar-refractivity contribution in [3.8, 4) is 0 Å². The van der Waals surface area contributed by atoms with Crippen LogP contribution < -0.4 is 0 Å². The largest absolute Gasteiger partial charge is 0.462 e. The molecule has 0 aromatic heterocycles. The van der Waals surface area contributed by atoms with E-state index in [1.165, 1.54) is 32.1 Å². The van der Waals surface area contributed by atoms with Crippen molar-refractivity contribution < 1.29 is 9.53 Å². The highest BCUT2D eigenvalue weighted by Gasteiger charge is 2.51. The van der Waals surface area contributed by atoms with Crippen LogP contribution in [0.4, 0.5) is 0 Å². The van der Waals surface area contributed by atoms with Crippen LogP contribution in [0.3, 0.4) is 0 Å². The van der Waals surface area contributed by atoms with E-state index in [1.807, 2.05) is 6.92 Å². The maximum atomic E-state index is 11.6. The van der Waals surface area contributed by atoms with Gasteiger partial charge in [-0.1, -0.05) is 48.9 Å². The first-order valence-electron chi connectivity index (χ1n) is 8.95. The lowest BCUT2D eigenvalue weighted by Gasteiger charge is -2.44. The smallest absolute Gasteiger partial charge is 0.309 e. The van der Waals surface area contributed by atoms with Crippen LogP contribution in [0.1, 0.15) is 65.7 Å². The molecule has 0 bridgehead atoms. The van der Waals surface area contributed by atoms with E-state index in [9.17, 15) is 4.79 Å². The zero-order valence-corrected chi connectivity index (χ0v) is 16.3. The van der Waals surface area contributed by atoms with Gasteiger partial charge in [0, 0.05) is 0 Å². The zero-order chi connectivity index (χ0) is 15.9. The minimum atomic E-state index is 0.0144. The van der Waals surface area contributed by atoms with E-state index in [0.717, 1.165) is 24.7 Å². The fraction of sp³-hybridized carbons (Fsp3) is 0.842. The summed E-state index contributed by atoms with van der Waals surface area (Å²) in [6.07, 6.45) is 8.90. The summed E-state index contributed by atoms with van der Waals surface area (Å²) >= 11 is 2.44. The number of carbonyl (C=O) groups is 1. The van der Waals surface area contributed by atoms with Gasteiger partial charge in [0.15, 0.2) is 0 Å². The summed E-state index contributed by atoms with van der Waals surface area (Å²) < 4.78 is 7.92. The molecule has 3 fully saturated rings. The summed E-state index contributed by atoms with van der Waals surface area (Å²) in [6.45, 7) is 6.93. The molecule has 22 heavy (non-hydrogen) atoms. The number of halogens is 1. The Hall–Kier alpha value is -0.0600. The molecule has 2 nitrogen and oxygen atoms in total. The van der Waals surface area contributed by atoms with Gasteiger partial charge in [-0.2, -0.15) is 0 Å². The van der Waals surface area contributed by atoms with Gasteiger partial charge in [0.05, 0.1) is 5.92 Å². The fourth-order valence-electron chi connectivity index (χ4n) is 5.69. The zero-order valence-electron chi connectivity index (χ0n) is 14.1. The number of hydrogen-bond donors (Lipinski definition) is 0. The third kappa shape index (κ3) is 2.87. The quantitative estimate of drug-likeness (QED) is 0.449. The molecule has 124 valence electrons. The number of rotatable bonds is 3. The van der Waals surface area contributed by atoms with E-state index in [2.05, 4.69) is 40.5 Å². The molecule has 1 heterocycles. The van der Waals surface area contributed by atoms with Crippen molar-refractivity contribution in [2.75, 3.05) is 0 Å². The Bertz CT molecular complexity index is 472. The SMILES string of the molecule is C[C@H](C[C@@H]1C[C@H](C)C(=O)O1)[C@H]1CCC2/C(=C/I)CCC[C@@]21C. The predicted molar refractivity (Wildman–Crippen MR) is 97.7 cm³/mol. The molecular weight excluding hydrogens is 387 g/mol. The average molecular weight is 416 g/mol. The fourth-order valence-corrected chi connectivity index (χ4v) is 6.43. The monoisotopic (exact) mass is 416 g/mol. The molecule has 0 spiro atoms. The molecule has 0 aromatic carbocycles. The Morgan fingerprint density at radius 2 is 2.23 bits per heavy atom. The van der Waals surface area contributed by atoms with E-state index >= 15 is 0 Å². The number of esters is 1. The highest BCUT2D eigenvalue weighted by atomic mass is 127.